The summed E-state index contributed by atoms with van der Waals surface area (Å²) in [6.07, 6.45) is 6.59. The van der Waals surface area contributed by atoms with E-state index in [1.54, 1.807) is 124 Å². The second-order valence-corrected chi connectivity index (χ2v) is 29.3. The summed E-state index contributed by atoms with van der Waals surface area (Å²) >= 11 is 0. The van der Waals surface area contributed by atoms with Gasteiger partial charge < -0.3 is 33.2 Å². The highest BCUT2D eigenvalue weighted by Crippen LogP contribution is 2.34. The molecule has 0 aliphatic heterocycles. The molecule has 6 aromatic carbocycles. The molecule has 0 atom stereocenters. The predicted molar refractivity (Wildman–Crippen MR) is 480 cm³/mol. The second-order valence-electron chi connectivity index (χ2n) is 29.3. The van der Waals surface area contributed by atoms with Gasteiger partial charge in [-0.25, -0.2) is 33.7 Å². The Kier molecular flexibility index (Phi) is 24.9. The SMILES string of the molecule is CCCOc1ccc2nn(-c3ccc4nn(C)cc4c3)c(=O)c(-c3ccc(OC(F)F)nc3)c2n1.CCOc1ccc2nn(-c3ccc(C)cc3)c(=O)c(-c3ccc(C)nc3)c2n1.Cn1cc2cc(-n3nc4ccc(OCC(F)F)nc4c(-c4ccc(OC(F)F)cc4)c3=O)ccc2n1.[2H]C([2H])Oc1ccc(-c2c(=O)n(-c3ccc4nn(C)cc4c3)nc3ccc(OCC)nc23)cc1. The molecule has 31 nitrogen and oxygen atoms in total. The number of methoxy groups -OCH3 is 1. The molecule has 13 heterocycles. The normalized spacial score (nSPS) is 11.6. The lowest BCUT2D eigenvalue weighted by atomic mass is 10.1. The van der Waals surface area contributed by atoms with E-state index in [4.69, 9.17) is 26.4 Å². The summed E-state index contributed by atoms with van der Waals surface area (Å²) in [6, 6.07) is 55.7. The lowest BCUT2D eigenvalue weighted by molar-refractivity contribution is -0.0530. The van der Waals surface area contributed by atoms with Crippen molar-refractivity contribution >= 4 is 76.8 Å². The third-order valence-electron chi connectivity index (χ3n) is 20.1. The zero-order valence-corrected chi connectivity index (χ0v) is 71.0. The lowest BCUT2D eigenvalue weighted by Crippen LogP contribution is -2.23. The Balaban J connectivity index is 0.000000130. The van der Waals surface area contributed by atoms with Crippen molar-refractivity contribution in [1.82, 2.24) is 98.4 Å². The van der Waals surface area contributed by atoms with Crippen molar-refractivity contribution in [3.05, 3.63) is 284 Å². The summed E-state index contributed by atoms with van der Waals surface area (Å²) < 4.78 is 136. The van der Waals surface area contributed by atoms with E-state index in [1.807, 2.05) is 122 Å². The Morgan fingerprint density at radius 3 is 1.08 bits per heavy atom. The van der Waals surface area contributed by atoms with E-state index in [-0.39, 0.29) is 50.8 Å². The minimum absolute atomic E-state index is 0.0809. The van der Waals surface area contributed by atoms with E-state index in [0.29, 0.717) is 132 Å². The predicted octanol–water partition coefficient (Wildman–Crippen LogP) is 16.3. The molecule has 37 heteroatoms. The first kappa shape index (κ1) is 85.2. The Labute approximate surface area is 741 Å². The third kappa shape index (κ3) is 19.4. The number of benzene rings is 6. The van der Waals surface area contributed by atoms with Crippen LogP contribution in [0.5, 0.6) is 40.9 Å². The van der Waals surface area contributed by atoms with Crippen molar-refractivity contribution in [1.29, 1.82) is 0 Å². The van der Waals surface area contributed by atoms with Gasteiger partial charge >= 0.3 is 13.2 Å². The fraction of sp³-hybridized carbons (Fsp3) is 0.181. The fourth-order valence-electron chi connectivity index (χ4n) is 14.2. The molecule has 662 valence electrons. The van der Waals surface area contributed by atoms with E-state index >= 15 is 0 Å². The first-order valence-electron chi connectivity index (χ1n) is 41.8. The fourth-order valence-corrected chi connectivity index (χ4v) is 14.2. The van der Waals surface area contributed by atoms with Crippen LogP contribution in [-0.4, -0.2) is 152 Å². The zero-order valence-electron chi connectivity index (χ0n) is 73.0. The second kappa shape index (κ2) is 38.3. The molecule has 0 unspecified atom stereocenters. The molecule has 131 heavy (non-hydrogen) atoms. The molecule has 19 aromatic rings. The minimum Gasteiger partial charge on any atom is -0.497 e. The quantitative estimate of drug-likeness (QED) is 0.0537. The summed E-state index contributed by atoms with van der Waals surface area (Å²) in [6.45, 7) is 4.15. The number of alkyl halides is 6. The van der Waals surface area contributed by atoms with Crippen LogP contribution in [-0.2, 0) is 21.1 Å². The molecule has 0 aliphatic rings. The largest absolute Gasteiger partial charge is 0.497 e. The van der Waals surface area contributed by atoms with Crippen molar-refractivity contribution in [2.24, 2.45) is 21.1 Å². The topological polar surface area (TPSA) is 335 Å². The molecule has 0 spiro atoms. The van der Waals surface area contributed by atoms with Gasteiger partial charge in [-0.15, -0.1) is 0 Å². The summed E-state index contributed by atoms with van der Waals surface area (Å²) in [4.78, 5) is 80.7. The first-order valence-corrected chi connectivity index (χ1v) is 40.7. The van der Waals surface area contributed by atoms with Crippen LogP contribution in [0.2, 0.25) is 0 Å². The standard InChI is InChI=1S/C24H17F4N5O3.C24H20F2N6O3.C24H21N5O3.C22H20N4O2/c1-32-11-14-10-15(4-7-17(14)30-32)33-23(34)21(13-2-5-16(6-3-13)36-24(27)28)22-18(31-33)8-9-20(29-22)35-12-19(25)26;1-3-10-34-20-9-7-18-22(28-20)21(14-4-8-19(27-12-14)35-24(25)26)23(33)32(30-18)16-5-6-17-15(11-16)13-31(2)29-17;1-4-32-21-12-11-20-23(25-21)22(15-5-8-18(31-3)9-6-15)24(30)29(27-20)17-7-10-19-16(13-17)14-28(2)26-19;1-4-28-19-12-11-18-21(24-19)20(16-8-7-15(3)23-13-16)22(27)26(25-18)17-9-5-14(2)6-10-17/h2-11,19,24H,12H2,1H3;4-9,11-13,24H,3,10H2,1-2H3;5-14H,4H2,1-3H3;5-13H,4H2,1-3H3/i;;3D2;. The molecule has 0 saturated carbocycles. The van der Waals surface area contributed by atoms with Crippen LogP contribution in [0.15, 0.2) is 250 Å². The maximum absolute atomic E-state index is 13.8. The highest BCUT2D eigenvalue weighted by molar-refractivity contribution is 5.95. The number of aromatic nitrogens is 20. The van der Waals surface area contributed by atoms with Crippen molar-refractivity contribution in [2.75, 3.05) is 33.5 Å². The maximum Gasteiger partial charge on any atom is 0.388 e. The Hall–Kier alpha value is -16.6. The Bertz CT molecular complexity index is 7790. The third-order valence-corrected chi connectivity index (χ3v) is 20.1. The number of ether oxygens (including phenoxy) is 7. The van der Waals surface area contributed by atoms with Crippen LogP contribution in [0.3, 0.4) is 0 Å². The monoisotopic (exact) mass is 1780 g/mol. The number of rotatable bonds is 23. The Morgan fingerprint density at radius 1 is 0.359 bits per heavy atom. The smallest absolute Gasteiger partial charge is 0.388 e. The molecule has 13 aromatic heterocycles. The van der Waals surface area contributed by atoms with E-state index in [9.17, 15) is 45.5 Å². The number of fused-ring (bicyclic) bond motifs is 7. The number of pyridine rings is 6. The van der Waals surface area contributed by atoms with Crippen LogP contribution in [0.25, 0.3) is 144 Å². The molecule has 0 fully saturated rings. The average Bonchev–Trinajstić information content (AvgIpc) is 1.61. The van der Waals surface area contributed by atoms with Gasteiger partial charge in [0.1, 0.15) is 55.6 Å². The molecular weight excluding hydrogens is 1700 g/mol. The average molecular weight is 1780 g/mol. The van der Waals surface area contributed by atoms with Crippen LogP contribution >= 0.6 is 0 Å². The molecule has 0 bridgehead atoms. The van der Waals surface area contributed by atoms with E-state index in [0.717, 1.165) is 50.4 Å². The number of nitrogens with zero attached hydrogens (tertiary/aromatic N) is 20. The molecule has 0 N–H and O–H groups in total. The van der Waals surface area contributed by atoms with Gasteiger partial charge in [-0.1, -0.05) is 55.0 Å². The number of hydrogen-bond acceptors (Lipinski definition) is 24. The minimum atomic E-state index is -3.01. The van der Waals surface area contributed by atoms with Gasteiger partial charge in [0.05, 0.1) is 91.2 Å². The molecule has 0 aliphatic carbocycles. The van der Waals surface area contributed by atoms with Gasteiger partial charge in [-0.3, -0.25) is 38.2 Å². The molecule has 0 saturated heterocycles. The van der Waals surface area contributed by atoms with Gasteiger partial charge in [-0.05, 0) is 173 Å². The number of aryl methyl sites for hydroxylation is 5. The van der Waals surface area contributed by atoms with E-state index in [1.165, 1.54) is 73.5 Å². The van der Waals surface area contributed by atoms with Gasteiger partial charge in [-0.2, -0.15) is 72.0 Å². The van der Waals surface area contributed by atoms with Crippen LogP contribution in [0.1, 0.15) is 41.2 Å². The van der Waals surface area contributed by atoms with Crippen molar-refractivity contribution in [2.45, 2.75) is 60.7 Å². The maximum atomic E-state index is 13.8. The highest BCUT2D eigenvalue weighted by atomic mass is 19.3. The zero-order chi connectivity index (χ0) is 93.4. The van der Waals surface area contributed by atoms with Gasteiger partial charge in [0.15, 0.2) is 6.61 Å². The van der Waals surface area contributed by atoms with Crippen LogP contribution in [0, 0.1) is 13.8 Å². The van der Waals surface area contributed by atoms with Gasteiger partial charge in [0.25, 0.3) is 28.7 Å². The summed E-state index contributed by atoms with van der Waals surface area (Å²) in [5, 5.41) is 33.7. The lowest BCUT2D eigenvalue weighted by Gasteiger charge is -2.13. The van der Waals surface area contributed by atoms with Crippen molar-refractivity contribution < 1.29 is 62.2 Å². The first-order chi connectivity index (χ1) is 64.2. The summed E-state index contributed by atoms with van der Waals surface area (Å²) in [5.41, 5.74) is 11.4. The highest BCUT2D eigenvalue weighted by Gasteiger charge is 2.25. The van der Waals surface area contributed by atoms with Crippen molar-refractivity contribution in [3.63, 3.8) is 0 Å². The molecule has 0 amide bonds. The number of hydrogen-bond donors (Lipinski definition) is 0. The van der Waals surface area contributed by atoms with Crippen LogP contribution in [0.4, 0.5) is 26.3 Å². The molecule has 0 radical (unpaired) electrons. The van der Waals surface area contributed by atoms with Crippen molar-refractivity contribution in [3.8, 4) is 108 Å². The summed E-state index contributed by atoms with van der Waals surface area (Å²) in [5.74, 6) is 1.11. The van der Waals surface area contributed by atoms with E-state index in [2.05, 4.69) is 75.1 Å². The number of halogens is 6. The van der Waals surface area contributed by atoms with Gasteiger partial charge in [0, 0.05) is 115 Å². The molecule has 19 rings (SSSR count). The van der Waals surface area contributed by atoms with E-state index < -0.39 is 44.4 Å². The Morgan fingerprint density at radius 2 is 0.710 bits per heavy atom. The molecular formula is C94H78F6N20O11. The summed E-state index contributed by atoms with van der Waals surface area (Å²) in [7, 11) is 3.99. The van der Waals surface area contributed by atoms with Gasteiger partial charge in [0.2, 0.25) is 29.4 Å². The van der Waals surface area contributed by atoms with Crippen LogP contribution < -0.4 is 55.4 Å².